The normalized spacial score (nSPS) is 13.3. The van der Waals surface area contributed by atoms with E-state index in [4.69, 9.17) is 11.6 Å². The Morgan fingerprint density at radius 3 is 2.18 bits per heavy atom. The fourth-order valence-electron chi connectivity index (χ4n) is 3.77. The molecule has 0 radical (unpaired) electrons. The number of halogens is 1. The molecular weight excluding hydrogens is 438 g/mol. The van der Waals surface area contributed by atoms with Gasteiger partial charge in [0.25, 0.3) is 5.91 Å². The Morgan fingerprint density at radius 2 is 1.55 bits per heavy atom. The second kappa shape index (κ2) is 9.88. The van der Waals surface area contributed by atoms with Gasteiger partial charge in [-0.3, -0.25) is 19.3 Å². The number of nitrogens with zero attached hydrogens (tertiary/aromatic N) is 3. The van der Waals surface area contributed by atoms with Crippen LogP contribution in [0.3, 0.4) is 0 Å². The lowest BCUT2D eigenvalue weighted by Crippen LogP contribution is -2.42. The molecule has 4 rings (SSSR count). The van der Waals surface area contributed by atoms with E-state index in [-0.39, 0.29) is 37.5 Å². The van der Waals surface area contributed by atoms with E-state index in [1.165, 1.54) is 14.7 Å². The molecule has 0 aromatic heterocycles. The van der Waals surface area contributed by atoms with E-state index in [0.717, 1.165) is 11.1 Å². The van der Waals surface area contributed by atoms with Crippen molar-refractivity contribution in [1.82, 2.24) is 9.80 Å². The SMILES string of the molecule is CCN(CC(=O)N1CC(=O)N(c2ccc(Cl)cc2)C1)C(=O)c1ccc(-c2ccccc2)cc1. The van der Waals surface area contributed by atoms with Crippen LogP contribution in [-0.4, -0.2) is 53.8 Å². The van der Waals surface area contributed by atoms with E-state index < -0.39 is 0 Å². The quantitative estimate of drug-likeness (QED) is 0.549. The van der Waals surface area contributed by atoms with Crippen LogP contribution in [-0.2, 0) is 9.59 Å². The summed E-state index contributed by atoms with van der Waals surface area (Å²) in [5, 5.41) is 0.576. The highest BCUT2D eigenvalue weighted by atomic mass is 35.5. The first-order valence-electron chi connectivity index (χ1n) is 10.7. The molecule has 3 aromatic rings. The number of carbonyl (C=O) groups is 3. The summed E-state index contributed by atoms with van der Waals surface area (Å²) in [5.41, 5.74) is 3.29. The molecule has 1 fully saturated rings. The van der Waals surface area contributed by atoms with Gasteiger partial charge in [0.1, 0.15) is 19.8 Å². The second-order valence-corrected chi connectivity index (χ2v) is 8.23. The topological polar surface area (TPSA) is 60.9 Å². The molecular formula is C26H24ClN3O3. The zero-order chi connectivity index (χ0) is 23.4. The Bertz CT molecular complexity index is 1150. The summed E-state index contributed by atoms with van der Waals surface area (Å²) in [5.74, 6) is -0.655. The number of carbonyl (C=O) groups excluding carboxylic acids is 3. The van der Waals surface area contributed by atoms with Gasteiger partial charge >= 0.3 is 0 Å². The summed E-state index contributed by atoms with van der Waals surface area (Å²) in [6.45, 7) is 2.26. The molecule has 1 aliphatic heterocycles. The Balaban J connectivity index is 1.41. The molecule has 3 amide bonds. The van der Waals surface area contributed by atoms with Crippen LogP contribution >= 0.6 is 11.6 Å². The van der Waals surface area contributed by atoms with E-state index in [0.29, 0.717) is 22.8 Å². The summed E-state index contributed by atoms with van der Waals surface area (Å²) < 4.78 is 0. The Hall–Kier alpha value is -3.64. The maximum atomic E-state index is 13.0. The molecule has 0 N–H and O–H groups in total. The molecule has 0 saturated carbocycles. The minimum Gasteiger partial charge on any atom is -0.330 e. The van der Waals surface area contributed by atoms with Gasteiger partial charge in [0, 0.05) is 22.8 Å². The van der Waals surface area contributed by atoms with Gasteiger partial charge in [-0.2, -0.15) is 0 Å². The average molecular weight is 462 g/mol. The average Bonchev–Trinajstić information content (AvgIpc) is 3.25. The van der Waals surface area contributed by atoms with Crippen molar-refractivity contribution in [2.45, 2.75) is 6.92 Å². The zero-order valence-corrected chi connectivity index (χ0v) is 19.0. The first-order chi connectivity index (χ1) is 16.0. The van der Waals surface area contributed by atoms with Gasteiger partial charge < -0.3 is 9.80 Å². The molecule has 0 unspecified atom stereocenters. The van der Waals surface area contributed by atoms with Crippen LogP contribution < -0.4 is 4.90 Å². The lowest BCUT2D eigenvalue weighted by Gasteiger charge is -2.24. The number of benzene rings is 3. The lowest BCUT2D eigenvalue weighted by molar-refractivity contribution is -0.132. The monoisotopic (exact) mass is 461 g/mol. The third-order valence-electron chi connectivity index (χ3n) is 5.66. The molecule has 33 heavy (non-hydrogen) atoms. The minimum atomic E-state index is -0.268. The maximum absolute atomic E-state index is 13.0. The fraction of sp³-hybridized carbons (Fsp3) is 0.192. The largest absolute Gasteiger partial charge is 0.330 e. The standard InChI is InChI=1S/C26H24ClN3O3/c1-2-28(26(33)21-10-8-20(9-11-21)19-6-4-3-5-7-19)16-24(31)29-17-25(32)30(18-29)23-14-12-22(27)13-15-23/h3-15H,2,16-18H2,1H3. The summed E-state index contributed by atoms with van der Waals surface area (Å²) in [6, 6.07) is 24.2. The van der Waals surface area contributed by atoms with Crippen molar-refractivity contribution in [2.24, 2.45) is 0 Å². The first kappa shape index (κ1) is 22.6. The lowest BCUT2D eigenvalue weighted by atomic mass is 10.0. The van der Waals surface area contributed by atoms with Crippen molar-refractivity contribution in [2.75, 3.05) is 31.2 Å². The predicted octanol–water partition coefficient (Wildman–Crippen LogP) is 4.30. The molecule has 6 nitrogen and oxygen atoms in total. The van der Waals surface area contributed by atoms with Crippen molar-refractivity contribution >= 4 is 35.0 Å². The molecule has 7 heteroatoms. The Labute approximate surface area is 198 Å². The first-order valence-corrected chi connectivity index (χ1v) is 11.1. The summed E-state index contributed by atoms with van der Waals surface area (Å²) in [4.78, 5) is 42.9. The van der Waals surface area contributed by atoms with Crippen LogP contribution in [0.5, 0.6) is 0 Å². The minimum absolute atomic E-state index is 0.0149. The van der Waals surface area contributed by atoms with E-state index in [1.54, 1.807) is 36.4 Å². The highest BCUT2D eigenvalue weighted by Gasteiger charge is 2.32. The number of amides is 3. The van der Waals surface area contributed by atoms with E-state index in [9.17, 15) is 14.4 Å². The fourth-order valence-corrected chi connectivity index (χ4v) is 3.90. The molecule has 0 bridgehead atoms. The van der Waals surface area contributed by atoms with Gasteiger partial charge in [0.15, 0.2) is 0 Å². The van der Waals surface area contributed by atoms with Gasteiger partial charge in [-0.1, -0.05) is 54.1 Å². The Kier molecular flexibility index (Phi) is 6.75. The smallest absolute Gasteiger partial charge is 0.254 e. The van der Waals surface area contributed by atoms with Crippen molar-refractivity contribution in [3.8, 4) is 11.1 Å². The predicted molar refractivity (Wildman–Crippen MR) is 129 cm³/mol. The van der Waals surface area contributed by atoms with Crippen LogP contribution in [0, 0.1) is 0 Å². The molecule has 0 atom stereocenters. The maximum Gasteiger partial charge on any atom is 0.254 e. The highest BCUT2D eigenvalue weighted by molar-refractivity contribution is 6.30. The highest BCUT2D eigenvalue weighted by Crippen LogP contribution is 2.22. The second-order valence-electron chi connectivity index (χ2n) is 7.79. The van der Waals surface area contributed by atoms with Crippen LogP contribution in [0.1, 0.15) is 17.3 Å². The third-order valence-corrected chi connectivity index (χ3v) is 5.92. The van der Waals surface area contributed by atoms with Gasteiger partial charge in [0.2, 0.25) is 11.8 Å². The van der Waals surface area contributed by atoms with Crippen LogP contribution in [0.2, 0.25) is 5.02 Å². The number of likely N-dealkylation sites (N-methyl/N-ethyl adjacent to an activating group) is 1. The Morgan fingerprint density at radius 1 is 0.909 bits per heavy atom. The third kappa shape index (κ3) is 5.07. The van der Waals surface area contributed by atoms with Crippen molar-refractivity contribution in [3.63, 3.8) is 0 Å². The number of hydrogen-bond donors (Lipinski definition) is 0. The van der Waals surface area contributed by atoms with Crippen LogP contribution in [0.4, 0.5) is 5.69 Å². The van der Waals surface area contributed by atoms with Gasteiger partial charge in [-0.25, -0.2) is 0 Å². The molecule has 3 aromatic carbocycles. The molecule has 0 spiro atoms. The summed E-state index contributed by atoms with van der Waals surface area (Å²) >= 11 is 5.92. The van der Waals surface area contributed by atoms with Gasteiger partial charge in [-0.15, -0.1) is 0 Å². The number of hydrogen-bond acceptors (Lipinski definition) is 3. The van der Waals surface area contributed by atoms with Gasteiger partial charge in [-0.05, 0) is 54.4 Å². The van der Waals surface area contributed by atoms with Crippen LogP contribution in [0.15, 0.2) is 78.9 Å². The van der Waals surface area contributed by atoms with Crippen molar-refractivity contribution < 1.29 is 14.4 Å². The number of rotatable bonds is 6. The van der Waals surface area contributed by atoms with E-state index in [2.05, 4.69) is 0 Å². The van der Waals surface area contributed by atoms with E-state index in [1.807, 2.05) is 49.4 Å². The number of anilines is 1. The molecule has 1 heterocycles. The van der Waals surface area contributed by atoms with Crippen LogP contribution in [0.25, 0.3) is 11.1 Å². The zero-order valence-electron chi connectivity index (χ0n) is 18.3. The molecule has 1 aliphatic rings. The van der Waals surface area contributed by atoms with Gasteiger partial charge in [0.05, 0.1) is 0 Å². The van der Waals surface area contributed by atoms with Crippen molar-refractivity contribution in [3.05, 3.63) is 89.4 Å². The van der Waals surface area contributed by atoms with Crippen molar-refractivity contribution in [1.29, 1.82) is 0 Å². The van der Waals surface area contributed by atoms with E-state index >= 15 is 0 Å². The molecule has 168 valence electrons. The molecule has 1 saturated heterocycles. The summed E-state index contributed by atoms with van der Waals surface area (Å²) in [6.07, 6.45) is 0. The molecule has 0 aliphatic carbocycles. The summed E-state index contributed by atoms with van der Waals surface area (Å²) in [7, 11) is 0.